The second kappa shape index (κ2) is 4.09. The van der Waals surface area contributed by atoms with Crippen LogP contribution in [0.15, 0.2) is 18.3 Å². The van der Waals surface area contributed by atoms with Gasteiger partial charge in [-0.25, -0.2) is 4.98 Å². The van der Waals surface area contributed by atoms with Gasteiger partial charge in [0.25, 0.3) is 0 Å². The van der Waals surface area contributed by atoms with E-state index in [9.17, 15) is 9.59 Å². The van der Waals surface area contributed by atoms with Crippen LogP contribution in [0.1, 0.15) is 6.42 Å². The first-order valence-electron chi connectivity index (χ1n) is 4.80. The Balaban J connectivity index is 2.27. The van der Waals surface area contributed by atoms with Crippen LogP contribution in [-0.4, -0.2) is 23.3 Å². The summed E-state index contributed by atoms with van der Waals surface area (Å²) in [6.45, 7) is 0.255. The van der Waals surface area contributed by atoms with Crippen LogP contribution in [0.2, 0.25) is 5.02 Å². The van der Waals surface area contributed by atoms with E-state index in [1.54, 1.807) is 18.3 Å². The first-order valence-corrected chi connectivity index (χ1v) is 5.17. The van der Waals surface area contributed by atoms with Gasteiger partial charge in [-0.15, -0.1) is 0 Å². The number of carbonyl (C=O) groups is 2. The number of pyridine rings is 1. The van der Waals surface area contributed by atoms with E-state index >= 15 is 0 Å². The van der Waals surface area contributed by atoms with Crippen LogP contribution in [-0.2, 0) is 9.59 Å². The minimum Gasteiger partial charge on any atom is -0.369 e. The monoisotopic (exact) mass is 239 g/mol. The number of hydrogen-bond donors (Lipinski definition) is 1. The number of halogens is 1. The first-order chi connectivity index (χ1) is 7.59. The van der Waals surface area contributed by atoms with Gasteiger partial charge in [0.05, 0.1) is 10.9 Å². The fourth-order valence-electron chi connectivity index (χ4n) is 1.68. The zero-order valence-corrected chi connectivity index (χ0v) is 9.15. The Morgan fingerprint density at radius 3 is 2.94 bits per heavy atom. The summed E-state index contributed by atoms with van der Waals surface area (Å²) in [7, 11) is 0. The molecule has 1 unspecified atom stereocenters. The molecule has 1 aromatic heterocycles. The van der Waals surface area contributed by atoms with Crippen molar-refractivity contribution in [3.05, 3.63) is 23.4 Å². The highest BCUT2D eigenvalue weighted by Crippen LogP contribution is 2.28. The third kappa shape index (κ3) is 1.86. The van der Waals surface area contributed by atoms with Gasteiger partial charge in [-0.05, 0) is 12.1 Å². The molecule has 0 aromatic carbocycles. The maximum atomic E-state index is 11.7. The summed E-state index contributed by atoms with van der Waals surface area (Å²) < 4.78 is 0. The highest BCUT2D eigenvalue weighted by Gasteiger charge is 2.35. The van der Waals surface area contributed by atoms with E-state index in [1.807, 2.05) is 0 Å². The van der Waals surface area contributed by atoms with Gasteiger partial charge in [-0.3, -0.25) is 14.5 Å². The minimum atomic E-state index is -0.470. The van der Waals surface area contributed by atoms with Crippen molar-refractivity contribution in [3.8, 4) is 0 Å². The van der Waals surface area contributed by atoms with Crippen molar-refractivity contribution in [1.29, 1.82) is 0 Å². The number of rotatable bonds is 2. The molecule has 2 N–H and O–H groups in total. The average molecular weight is 240 g/mol. The summed E-state index contributed by atoms with van der Waals surface area (Å²) in [6.07, 6.45) is 1.67. The van der Waals surface area contributed by atoms with Gasteiger partial charge in [0.2, 0.25) is 11.8 Å². The molecule has 6 heteroatoms. The van der Waals surface area contributed by atoms with Crippen LogP contribution < -0.4 is 10.6 Å². The lowest BCUT2D eigenvalue weighted by Gasteiger charge is -2.15. The predicted octanol–water partition coefficient (Wildman–Crippen LogP) is 0.573. The van der Waals surface area contributed by atoms with Crippen LogP contribution in [0, 0.1) is 5.92 Å². The second-order valence-corrected chi connectivity index (χ2v) is 4.02. The Hall–Kier alpha value is -1.62. The summed E-state index contributed by atoms with van der Waals surface area (Å²) in [5, 5.41) is 0.390. The van der Waals surface area contributed by atoms with E-state index < -0.39 is 11.8 Å². The van der Waals surface area contributed by atoms with E-state index in [1.165, 1.54) is 4.90 Å². The van der Waals surface area contributed by atoms with Gasteiger partial charge in [-0.1, -0.05) is 11.6 Å². The molecule has 5 nitrogen and oxygen atoms in total. The SMILES string of the molecule is NC(=O)C1CC(=O)N(c2ncccc2Cl)C1. The molecular weight excluding hydrogens is 230 g/mol. The topological polar surface area (TPSA) is 76.3 Å². The number of nitrogens with two attached hydrogens (primary N) is 1. The number of primary amides is 1. The Morgan fingerprint density at radius 2 is 2.38 bits per heavy atom. The van der Waals surface area contributed by atoms with E-state index in [4.69, 9.17) is 17.3 Å². The van der Waals surface area contributed by atoms with Crippen LogP contribution in [0.25, 0.3) is 0 Å². The Kier molecular flexibility index (Phi) is 2.78. The largest absolute Gasteiger partial charge is 0.369 e. The fourth-order valence-corrected chi connectivity index (χ4v) is 1.90. The molecule has 2 rings (SSSR count). The lowest BCUT2D eigenvalue weighted by atomic mass is 10.1. The zero-order valence-electron chi connectivity index (χ0n) is 8.39. The minimum absolute atomic E-state index is 0.127. The molecule has 2 heterocycles. The van der Waals surface area contributed by atoms with Crippen LogP contribution in [0.5, 0.6) is 0 Å². The number of anilines is 1. The highest BCUT2D eigenvalue weighted by molar-refractivity contribution is 6.33. The number of aromatic nitrogens is 1. The molecule has 0 aliphatic carbocycles. The van der Waals surface area contributed by atoms with Crippen LogP contribution >= 0.6 is 11.6 Å². The van der Waals surface area contributed by atoms with Crippen molar-refractivity contribution in [1.82, 2.24) is 4.98 Å². The molecule has 1 aliphatic heterocycles. The summed E-state index contributed by atoms with van der Waals surface area (Å²) >= 11 is 5.92. The van der Waals surface area contributed by atoms with Gasteiger partial charge >= 0.3 is 0 Å². The van der Waals surface area contributed by atoms with E-state index in [2.05, 4.69) is 4.98 Å². The molecule has 16 heavy (non-hydrogen) atoms. The van der Waals surface area contributed by atoms with E-state index in [-0.39, 0.29) is 18.9 Å². The number of carbonyl (C=O) groups excluding carboxylic acids is 2. The maximum Gasteiger partial charge on any atom is 0.229 e. The molecule has 1 saturated heterocycles. The zero-order chi connectivity index (χ0) is 11.7. The Labute approximate surface area is 97.2 Å². The highest BCUT2D eigenvalue weighted by atomic mass is 35.5. The molecule has 0 spiro atoms. The normalized spacial score (nSPS) is 20.2. The van der Waals surface area contributed by atoms with Gasteiger partial charge in [-0.2, -0.15) is 0 Å². The number of hydrogen-bond acceptors (Lipinski definition) is 3. The Morgan fingerprint density at radius 1 is 1.62 bits per heavy atom. The molecule has 0 radical (unpaired) electrons. The molecule has 1 aromatic rings. The van der Waals surface area contributed by atoms with Gasteiger partial charge < -0.3 is 5.73 Å². The van der Waals surface area contributed by atoms with Crippen molar-refractivity contribution in [2.45, 2.75) is 6.42 Å². The third-order valence-corrected chi connectivity index (χ3v) is 2.82. The number of nitrogens with zero attached hydrogens (tertiary/aromatic N) is 2. The molecule has 1 fully saturated rings. The summed E-state index contributed by atoms with van der Waals surface area (Å²) in [6, 6.07) is 3.33. The van der Waals surface area contributed by atoms with Crippen molar-refractivity contribution in [3.63, 3.8) is 0 Å². The smallest absolute Gasteiger partial charge is 0.229 e. The van der Waals surface area contributed by atoms with Crippen molar-refractivity contribution in [2.24, 2.45) is 11.7 Å². The molecule has 1 atom stereocenters. The van der Waals surface area contributed by atoms with E-state index in [0.29, 0.717) is 10.8 Å². The van der Waals surface area contributed by atoms with E-state index in [0.717, 1.165) is 0 Å². The van der Waals surface area contributed by atoms with Crippen molar-refractivity contribution in [2.75, 3.05) is 11.4 Å². The average Bonchev–Trinajstić information content (AvgIpc) is 2.61. The van der Waals surface area contributed by atoms with Gasteiger partial charge in [0.1, 0.15) is 0 Å². The summed E-state index contributed by atoms with van der Waals surface area (Å²) in [5.74, 6) is -0.712. The number of amides is 2. The van der Waals surface area contributed by atoms with Crippen LogP contribution in [0.4, 0.5) is 5.82 Å². The molecule has 0 saturated carbocycles. The van der Waals surface area contributed by atoms with Gasteiger partial charge in [0.15, 0.2) is 5.82 Å². The summed E-state index contributed by atoms with van der Waals surface area (Å²) in [4.78, 5) is 28.1. The fraction of sp³-hybridized carbons (Fsp3) is 0.300. The predicted molar refractivity (Wildman–Crippen MR) is 58.9 cm³/mol. The molecule has 1 aliphatic rings. The lowest BCUT2D eigenvalue weighted by Crippen LogP contribution is -2.29. The molecule has 0 bridgehead atoms. The standard InChI is InChI=1S/C10H10ClN3O2/c11-7-2-1-3-13-10(7)14-5-6(9(12)16)4-8(14)15/h1-3,6H,4-5H2,(H2,12,16). The van der Waals surface area contributed by atoms with Crippen molar-refractivity contribution >= 4 is 29.2 Å². The molecule has 84 valence electrons. The maximum absolute atomic E-state index is 11.7. The lowest BCUT2D eigenvalue weighted by molar-refractivity contribution is -0.123. The first kappa shape index (κ1) is 10.9. The summed E-state index contributed by atoms with van der Waals surface area (Å²) in [5.41, 5.74) is 5.17. The Bertz CT molecular complexity index is 449. The molecular formula is C10H10ClN3O2. The molecule has 2 amide bonds. The quantitative estimate of drug-likeness (QED) is 0.820. The van der Waals surface area contributed by atoms with Gasteiger partial charge in [0, 0.05) is 19.2 Å². The van der Waals surface area contributed by atoms with Crippen molar-refractivity contribution < 1.29 is 9.59 Å². The second-order valence-electron chi connectivity index (χ2n) is 3.62. The third-order valence-electron chi connectivity index (χ3n) is 2.52. The van der Waals surface area contributed by atoms with Crippen LogP contribution in [0.3, 0.4) is 0 Å².